The third-order valence-electron chi connectivity index (χ3n) is 11.8. The summed E-state index contributed by atoms with van der Waals surface area (Å²) in [6.07, 6.45) is 8.04. The lowest BCUT2D eigenvalue weighted by Gasteiger charge is -2.40. The number of nitrogens with one attached hydrogen (secondary N) is 1. The smallest absolute Gasteiger partial charge is 0.275 e. The molecule has 1 atom stereocenters. The topological polar surface area (TPSA) is 175 Å². The predicted molar refractivity (Wildman–Crippen MR) is 226 cm³/mol. The number of benzene rings is 3. The van der Waals surface area contributed by atoms with Crippen LogP contribution in [0.1, 0.15) is 42.9 Å². The van der Waals surface area contributed by atoms with Gasteiger partial charge in [-0.1, -0.05) is 30.3 Å². The molecular weight excluding hydrogens is 759 g/mol. The number of nitrogens with zero attached hydrogens (tertiary/aromatic N) is 10. The number of amides is 2. The van der Waals surface area contributed by atoms with Crippen LogP contribution in [-0.4, -0.2) is 92.1 Å². The van der Waals surface area contributed by atoms with Gasteiger partial charge in [-0.05, 0) is 73.2 Å². The maximum absolute atomic E-state index is 13.3. The van der Waals surface area contributed by atoms with E-state index in [1.165, 1.54) is 15.4 Å². The van der Waals surface area contributed by atoms with Crippen molar-refractivity contribution in [2.45, 2.75) is 38.3 Å². The number of nitriles is 1. The highest BCUT2D eigenvalue weighted by Gasteiger charge is 2.30. The van der Waals surface area contributed by atoms with Crippen molar-refractivity contribution in [1.82, 2.24) is 39.7 Å². The summed E-state index contributed by atoms with van der Waals surface area (Å²) in [5.74, 6) is 0.404. The Labute approximate surface area is 345 Å². The van der Waals surface area contributed by atoms with Crippen LogP contribution in [0.3, 0.4) is 0 Å². The van der Waals surface area contributed by atoms with Gasteiger partial charge in [-0.2, -0.15) is 15.5 Å². The van der Waals surface area contributed by atoms with Crippen molar-refractivity contribution in [2.24, 2.45) is 5.92 Å². The third-order valence-corrected chi connectivity index (χ3v) is 11.8. The van der Waals surface area contributed by atoms with Crippen molar-refractivity contribution in [3.05, 3.63) is 129 Å². The number of anilines is 2. The van der Waals surface area contributed by atoms with Gasteiger partial charge in [0.05, 0.1) is 53.5 Å². The molecule has 0 radical (unpaired) electrons. The highest BCUT2D eigenvalue weighted by molar-refractivity contribution is 5.99. The Morgan fingerprint density at radius 2 is 1.52 bits per heavy atom. The second-order valence-electron chi connectivity index (χ2n) is 15.7. The fourth-order valence-corrected chi connectivity index (χ4v) is 8.49. The van der Waals surface area contributed by atoms with Gasteiger partial charge in [0.1, 0.15) is 6.04 Å². The Balaban J connectivity index is 0.761. The predicted octanol–water partition coefficient (Wildman–Crippen LogP) is 4.01. The molecule has 6 heterocycles. The Bertz CT molecular complexity index is 2740. The lowest BCUT2D eigenvalue weighted by Crippen LogP contribution is -2.49. The van der Waals surface area contributed by atoms with Crippen molar-refractivity contribution in [1.29, 1.82) is 5.26 Å². The second kappa shape index (κ2) is 16.7. The highest BCUT2D eigenvalue weighted by Crippen LogP contribution is 2.28. The largest absolute Gasteiger partial charge is 0.371 e. The standard InChI is InChI=1S/C45H43N11O4/c46-24-31-3-1-5-33(21-31)39-9-12-42(58)55(51-39)29-32-4-2-6-34(22-32)43-47-26-37(27-48-43)54-19-17-52(18-20-54)28-30-13-15-53(16-14-30)36-7-8-38-35(23-36)25-49-56(45(38)60)40-10-11-41(57)50-44(40)59/h1-9,12,21-23,25-27,30,40H,10-11,13-20,28-29H2,(H,50,57,59). The first kappa shape index (κ1) is 38.5. The van der Waals surface area contributed by atoms with Crippen molar-refractivity contribution in [3.8, 4) is 28.7 Å². The van der Waals surface area contributed by atoms with E-state index in [-0.39, 0.29) is 36.4 Å². The average Bonchev–Trinajstić information content (AvgIpc) is 3.28. The molecule has 1 N–H and O–H groups in total. The quantitative estimate of drug-likeness (QED) is 0.209. The zero-order chi connectivity index (χ0) is 41.2. The average molecular weight is 802 g/mol. The second-order valence-corrected chi connectivity index (χ2v) is 15.7. The fraction of sp³-hybridized carbons (Fsp3) is 0.311. The first-order valence-electron chi connectivity index (χ1n) is 20.4. The van der Waals surface area contributed by atoms with Crippen LogP contribution in [-0.2, 0) is 16.1 Å². The van der Waals surface area contributed by atoms with Crippen LogP contribution in [0, 0.1) is 17.2 Å². The Morgan fingerprint density at radius 3 is 2.30 bits per heavy atom. The number of carbonyl (C=O) groups is 2. The van der Waals surface area contributed by atoms with E-state index in [0.717, 1.165) is 92.1 Å². The number of fused-ring (bicyclic) bond motifs is 1. The summed E-state index contributed by atoms with van der Waals surface area (Å²) in [4.78, 5) is 66.7. The zero-order valence-corrected chi connectivity index (χ0v) is 33.0. The summed E-state index contributed by atoms with van der Waals surface area (Å²) >= 11 is 0. The van der Waals surface area contributed by atoms with Crippen molar-refractivity contribution >= 4 is 34.0 Å². The highest BCUT2D eigenvalue weighted by atomic mass is 16.2. The van der Waals surface area contributed by atoms with Crippen LogP contribution in [0.2, 0.25) is 0 Å². The minimum atomic E-state index is -0.781. The molecular formula is C45H43N11O4. The summed E-state index contributed by atoms with van der Waals surface area (Å²) in [6, 6.07) is 25.4. The van der Waals surface area contributed by atoms with Crippen molar-refractivity contribution in [2.75, 3.05) is 55.6 Å². The van der Waals surface area contributed by atoms with Crippen LogP contribution in [0.25, 0.3) is 33.4 Å². The molecule has 0 aliphatic carbocycles. The van der Waals surface area contributed by atoms with E-state index >= 15 is 0 Å². The number of hydrogen-bond donors (Lipinski definition) is 1. The van der Waals surface area contributed by atoms with E-state index in [1.807, 2.05) is 60.9 Å². The van der Waals surface area contributed by atoms with Crippen LogP contribution in [0.4, 0.5) is 11.4 Å². The molecule has 6 aromatic rings. The number of piperidine rings is 2. The maximum Gasteiger partial charge on any atom is 0.275 e. The van der Waals surface area contributed by atoms with Gasteiger partial charge in [0.25, 0.3) is 17.0 Å². The number of hydrogen-bond acceptors (Lipinski definition) is 12. The summed E-state index contributed by atoms with van der Waals surface area (Å²) in [7, 11) is 0. The monoisotopic (exact) mass is 801 g/mol. The van der Waals surface area contributed by atoms with Gasteiger partial charge in [0.2, 0.25) is 5.91 Å². The first-order valence-corrected chi connectivity index (χ1v) is 20.4. The van der Waals surface area contributed by atoms with Crippen molar-refractivity contribution < 1.29 is 9.59 Å². The fourth-order valence-electron chi connectivity index (χ4n) is 8.49. The number of aromatic nitrogens is 6. The van der Waals surface area contributed by atoms with Crippen LogP contribution >= 0.6 is 0 Å². The summed E-state index contributed by atoms with van der Waals surface area (Å²) in [5, 5.41) is 21.8. The zero-order valence-electron chi connectivity index (χ0n) is 33.0. The molecule has 2 amide bonds. The molecule has 9 rings (SSSR count). The molecule has 15 heteroatoms. The first-order chi connectivity index (χ1) is 29.3. The van der Waals surface area contributed by atoms with Crippen LogP contribution < -0.4 is 26.2 Å². The third kappa shape index (κ3) is 8.14. The van der Waals surface area contributed by atoms with Gasteiger partial charge in [-0.3, -0.25) is 29.4 Å². The SMILES string of the molecule is N#Cc1cccc(-c2ccc(=O)n(Cc3cccc(-c4ncc(N5CCN(CC6CCN(c7ccc8c(=O)n(C9CCC(=O)NC9=O)ncc8c7)CC6)CC5)cn4)c3)n2)c1. The number of rotatable bonds is 9. The van der Waals surface area contributed by atoms with Gasteiger partial charge in [-0.25, -0.2) is 19.3 Å². The summed E-state index contributed by atoms with van der Waals surface area (Å²) in [5.41, 5.74) is 5.19. The molecule has 15 nitrogen and oxygen atoms in total. The summed E-state index contributed by atoms with van der Waals surface area (Å²) in [6.45, 7) is 6.95. The lowest BCUT2D eigenvalue weighted by atomic mass is 9.95. The van der Waals surface area contributed by atoms with Crippen molar-refractivity contribution in [3.63, 3.8) is 0 Å². The molecule has 3 aromatic carbocycles. The van der Waals surface area contributed by atoms with Crippen LogP contribution in [0.5, 0.6) is 0 Å². The van der Waals surface area contributed by atoms with Gasteiger partial charge in [-0.15, -0.1) is 0 Å². The minimum absolute atomic E-state index is 0.184. The molecule has 3 aromatic heterocycles. The molecule has 0 saturated carbocycles. The maximum atomic E-state index is 13.3. The van der Waals surface area contributed by atoms with Gasteiger partial charge < -0.3 is 9.80 Å². The molecule has 302 valence electrons. The van der Waals surface area contributed by atoms with E-state index < -0.39 is 11.9 Å². The normalized spacial score (nSPS) is 17.8. The molecule has 3 saturated heterocycles. The van der Waals surface area contributed by atoms with Gasteiger partial charge in [0, 0.05) is 80.5 Å². The number of piperazine rings is 1. The van der Waals surface area contributed by atoms with E-state index in [4.69, 9.17) is 9.97 Å². The Morgan fingerprint density at radius 1 is 0.750 bits per heavy atom. The van der Waals surface area contributed by atoms with E-state index in [0.29, 0.717) is 28.4 Å². The van der Waals surface area contributed by atoms with Gasteiger partial charge in [0.15, 0.2) is 5.82 Å². The van der Waals surface area contributed by atoms with Crippen LogP contribution in [0.15, 0.2) is 107 Å². The minimum Gasteiger partial charge on any atom is -0.371 e. The molecule has 60 heavy (non-hydrogen) atoms. The van der Waals surface area contributed by atoms with E-state index in [9.17, 15) is 24.4 Å². The molecule has 0 spiro atoms. The molecule has 3 aliphatic heterocycles. The molecule has 3 aliphatic rings. The summed E-state index contributed by atoms with van der Waals surface area (Å²) < 4.78 is 2.63. The Hall–Kier alpha value is -7.05. The molecule has 0 bridgehead atoms. The molecule has 1 unspecified atom stereocenters. The number of carbonyl (C=O) groups excluding carboxylic acids is 2. The molecule has 3 fully saturated rings. The lowest BCUT2D eigenvalue weighted by molar-refractivity contribution is -0.136. The van der Waals surface area contributed by atoms with E-state index in [1.54, 1.807) is 30.5 Å². The van der Waals surface area contributed by atoms with Gasteiger partial charge >= 0.3 is 0 Å². The number of imide groups is 1. The van der Waals surface area contributed by atoms with E-state index in [2.05, 4.69) is 36.3 Å². The Kier molecular flexibility index (Phi) is 10.7.